The van der Waals surface area contributed by atoms with Crippen LogP contribution in [0.1, 0.15) is 57.0 Å². The van der Waals surface area contributed by atoms with Gasteiger partial charge >= 0.3 is 0 Å². The van der Waals surface area contributed by atoms with Crippen LogP contribution in [0, 0.1) is 0 Å². The summed E-state index contributed by atoms with van der Waals surface area (Å²) in [5.41, 5.74) is 2.17. The van der Waals surface area contributed by atoms with Gasteiger partial charge in [-0.15, -0.1) is 0 Å². The van der Waals surface area contributed by atoms with E-state index in [2.05, 4.69) is 16.8 Å². The lowest BCUT2D eigenvalue weighted by atomic mass is 10.1. The van der Waals surface area contributed by atoms with Crippen molar-refractivity contribution in [3.8, 4) is 5.75 Å². The normalized spacial score (nSPS) is 15.6. The summed E-state index contributed by atoms with van der Waals surface area (Å²) < 4.78 is 29.6. The van der Waals surface area contributed by atoms with Crippen LogP contribution < -0.4 is 5.32 Å². The zero-order chi connectivity index (χ0) is 24.3. The second-order valence-corrected chi connectivity index (χ2v) is 10.7. The van der Waals surface area contributed by atoms with Crippen LogP contribution in [0.5, 0.6) is 5.75 Å². The van der Waals surface area contributed by atoms with Crippen molar-refractivity contribution in [3.05, 3.63) is 53.9 Å². The van der Waals surface area contributed by atoms with Crippen molar-refractivity contribution >= 4 is 27.0 Å². The topological polar surface area (TPSA) is 105 Å². The summed E-state index contributed by atoms with van der Waals surface area (Å²) >= 11 is 0. The minimum Gasteiger partial charge on any atom is -0.508 e. The summed E-state index contributed by atoms with van der Waals surface area (Å²) in [6, 6.07) is 11.8. The average Bonchev–Trinajstić information content (AvgIpc) is 3.47. The molecule has 1 aliphatic heterocycles. The molecular weight excluding hydrogens is 452 g/mol. The standard InChI is InChI=1S/C25H32N4O4S/c1-3-14-29-22-11-10-19(34(32,33)28-15-6-7-16-28)17-21(22)27-24(29)12-13-25(31)26-18(2)20-8-4-5-9-23(20)30/h4-5,8-11,17-18,30H,3,6-7,12-16H2,1-2H3,(H,26,31). The van der Waals surface area contributed by atoms with Crippen molar-refractivity contribution in [2.45, 2.75) is 63.4 Å². The van der Waals surface area contributed by atoms with Gasteiger partial charge in [0.2, 0.25) is 15.9 Å². The zero-order valence-electron chi connectivity index (χ0n) is 19.7. The predicted octanol–water partition coefficient (Wildman–Crippen LogP) is 3.75. The first-order valence-electron chi connectivity index (χ1n) is 11.9. The fourth-order valence-electron chi connectivity index (χ4n) is 4.53. The van der Waals surface area contributed by atoms with E-state index in [9.17, 15) is 18.3 Å². The molecule has 0 aliphatic carbocycles. The lowest BCUT2D eigenvalue weighted by molar-refractivity contribution is -0.121. The summed E-state index contributed by atoms with van der Waals surface area (Å²) in [4.78, 5) is 17.6. The second kappa shape index (κ2) is 10.1. The number of aromatic hydroxyl groups is 1. The number of aromatic nitrogens is 2. The maximum absolute atomic E-state index is 13.0. The Bertz CT molecular complexity index is 1280. The molecule has 2 N–H and O–H groups in total. The van der Waals surface area contributed by atoms with E-state index >= 15 is 0 Å². The highest BCUT2D eigenvalue weighted by atomic mass is 32.2. The maximum atomic E-state index is 13.0. The Kier molecular flexibility index (Phi) is 7.23. The molecule has 0 radical (unpaired) electrons. The minimum atomic E-state index is -3.52. The highest BCUT2D eigenvalue weighted by molar-refractivity contribution is 7.89. The average molecular weight is 485 g/mol. The summed E-state index contributed by atoms with van der Waals surface area (Å²) in [6.45, 7) is 5.76. The van der Waals surface area contributed by atoms with Gasteiger partial charge in [-0.05, 0) is 50.5 Å². The van der Waals surface area contributed by atoms with Gasteiger partial charge in [-0.25, -0.2) is 13.4 Å². The minimum absolute atomic E-state index is 0.136. The van der Waals surface area contributed by atoms with Gasteiger partial charge in [0.15, 0.2) is 0 Å². The third-order valence-electron chi connectivity index (χ3n) is 6.31. The van der Waals surface area contributed by atoms with Gasteiger partial charge in [0, 0.05) is 38.0 Å². The van der Waals surface area contributed by atoms with Crippen molar-refractivity contribution in [1.29, 1.82) is 0 Å². The van der Waals surface area contributed by atoms with E-state index in [0.29, 0.717) is 30.6 Å². The van der Waals surface area contributed by atoms with Gasteiger partial charge in [0.1, 0.15) is 11.6 Å². The number of imidazole rings is 1. The van der Waals surface area contributed by atoms with E-state index in [1.807, 2.05) is 19.1 Å². The van der Waals surface area contributed by atoms with Crippen LogP contribution in [0.4, 0.5) is 0 Å². The quantitative estimate of drug-likeness (QED) is 0.481. The van der Waals surface area contributed by atoms with Crippen molar-refractivity contribution in [3.63, 3.8) is 0 Å². The first-order valence-corrected chi connectivity index (χ1v) is 13.3. The smallest absolute Gasteiger partial charge is 0.243 e. The molecule has 8 nitrogen and oxygen atoms in total. The van der Waals surface area contributed by atoms with Crippen LogP contribution in [-0.4, -0.2) is 46.4 Å². The molecule has 9 heteroatoms. The Balaban J connectivity index is 1.51. The Labute approximate surface area is 200 Å². The Morgan fingerprint density at radius 2 is 1.91 bits per heavy atom. The largest absolute Gasteiger partial charge is 0.508 e. The Morgan fingerprint density at radius 1 is 1.18 bits per heavy atom. The number of amides is 1. The van der Waals surface area contributed by atoms with Gasteiger partial charge in [-0.2, -0.15) is 4.31 Å². The molecule has 1 saturated heterocycles. The summed E-state index contributed by atoms with van der Waals surface area (Å²) in [7, 11) is -3.52. The van der Waals surface area contributed by atoms with Crippen LogP contribution in [0.15, 0.2) is 47.4 Å². The van der Waals surface area contributed by atoms with E-state index in [1.54, 1.807) is 30.3 Å². The molecule has 2 aromatic carbocycles. The molecule has 2 heterocycles. The van der Waals surface area contributed by atoms with Crippen LogP contribution in [0.2, 0.25) is 0 Å². The van der Waals surface area contributed by atoms with Crippen molar-refractivity contribution in [2.24, 2.45) is 0 Å². The second-order valence-electron chi connectivity index (χ2n) is 8.79. The third kappa shape index (κ3) is 4.95. The van der Waals surface area contributed by atoms with Crippen LogP contribution >= 0.6 is 0 Å². The van der Waals surface area contributed by atoms with Gasteiger partial charge in [-0.1, -0.05) is 25.1 Å². The number of hydrogen-bond acceptors (Lipinski definition) is 5. The van der Waals surface area contributed by atoms with Gasteiger partial charge < -0.3 is 15.0 Å². The molecule has 1 atom stereocenters. The highest BCUT2D eigenvalue weighted by Crippen LogP contribution is 2.26. The Hall–Kier alpha value is -2.91. The molecule has 0 saturated carbocycles. The molecule has 4 rings (SSSR count). The monoisotopic (exact) mass is 484 g/mol. The van der Waals surface area contributed by atoms with Crippen molar-refractivity contribution < 1.29 is 18.3 Å². The van der Waals surface area contributed by atoms with Crippen molar-refractivity contribution in [2.75, 3.05) is 13.1 Å². The Morgan fingerprint density at radius 3 is 2.62 bits per heavy atom. The van der Waals surface area contributed by atoms with E-state index in [1.165, 1.54) is 4.31 Å². The number of carbonyl (C=O) groups excluding carboxylic acids is 1. The molecule has 0 spiro atoms. The van der Waals surface area contributed by atoms with Crippen LogP contribution in [0.25, 0.3) is 11.0 Å². The molecule has 1 fully saturated rings. The third-order valence-corrected chi connectivity index (χ3v) is 8.20. The molecule has 3 aromatic rings. The summed E-state index contributed by atoms with van der Waals surface area (Å²) in [5, 5.41) is 12.9. The van der Waals surface area contributed by atoms with Gasteiger partial charge in [0.05, 0.1) is 22.0 Å². The molecular formula is C25H32N4O4S. The summed E-state index contributed by atoms with van der Waals surface area (Å²) in [5.74, 6) is 0.779. The van der Waals surface area contributed by atoms with Crippen LogP contribution in [-0.2, 0) is 27.8 Å². The molecule has 1 aliphatic rings. The SMILES string of the molecule is CCCn1c(CCC(=O)NC(C)c2ccccc2O)nc2cc(S(=O)(=O)N3CCCC3)ccc21. The zero-order valence-corrected chi connectivity index (χ0v) is 20.5. The molecule has 1 aromatic heterocycles. The van der Waals surface area contributed by atoms with E-state index < -0.39 is 10.0 Å². The van der Waals surface area contributed by atoms with E-state index in [0.717, 1.165) is 37.1 Å². The van der Waals surface area contributed by atoms with Gasteiger partial charge in [-0.3, -0.25) is 4.79 Å². The first-order chi connectivity index (χ1) is 16.3. The number of rotatable bonds is 9. The molecule has 1 amide bonds. The number of nitrogens with zero attached hydrogens (tertiary/aromatic N) is 3. The number of phenolic OH excluding ortho intramolecular Hbond substituents is 1. The number of sulfonamides is 1. The lowest BCUT2D eigenvalue weighted by Crippen LogP contribution is -2.27. The number of benzene rings is 2. The number of hydrogen-bond donors (Lipinski definition) is 2. The molecule has 34 heavy (non-hydrogen) atoms. The highest BCUT2D eigenvalue weighted by Gasteiger charge is 2.28. The number of aryl methyl sites for hydroxylation is 2. The number of nitrogens with one attached hydrogen (secondary N) is 1. The van der Waals surface area contributed by atoms with Crippen molar-refractivity contribution in [1.82, 2.24) is 19.2 Å². The lowest BCUT2D eigenvalue weighted by Gasteiger charge is -2.16. The van der Waals surface area contributed by atoms with E-state index in [-0.39, 0.29) is 29.0 Å². The van der Waals surface area contributed by atoms with Crippen LogP contribution in [0.3, 0.4) is 0 Å². The molecule has 1 unspecified atom stereocenters. The van der Waals surface area contributed by atoms with E-state index in [4.69, 9.17) is 4.98 Å². The molecule has 182 valence electrons. The fraction of sp³-hybridized carbons (Fsp3) is 0.440. The number of fused-ring (bicyclic) bond motifs is 1. The predicted molar refractivity (Wildman–Crippen MR) is 131 cm³/mol. The number of para-hydroxylation sites is 1. The molecule has 0 bridgehead atoms. The number of phenols is 1. The first kappa shape index (κ1) is 24.2. The fourth-order valence-corrected chi connectivity index (χ4v) is 6.07. The summed E-state index contributed by atoms with van der Waals surface area (Å²) in [6.07, 6.45) is 3.34. The van der Waals surface area contributed by atoms with Gasteiger partial charge in [0.25, 0.3) is 0 Å². The maximum Gasteiger partial charge on any atom is 0.243 e. The number of carbonyl (C=O) groups is 1.